The largest absolute Gasteiger partial charge is 0.492 e. The van der Waals surface area contributed by atoms with Crippen molar-refractivity contribution in [2.45, 2.75) is 19.4 Å². The summed E-state index contributed by atoms with van der Waals surface area (Å²) in [6.45, 7) is 3.55. The lowest BCUT2D eigenvalue weighted by Crippen LogP contribution is -2.42. The van der Waals surface area contributed by atoms with Gasteiger partial charge in [-0.3, -0.25) is 14.5 Å². The van der Waals surface area contributed by atoms with E-state index in [1.807, 2.05) is 13.0 Å². The fraction of sp³-hybridized carbons (Fsp3) is 0.250. The molecule has 2 aromatic rings. The van der Waals surface area contributed by atoms with Crippen LogP contribution in [0.4, 0.5) is 10.5 Å². The Kier molecular flexibility index (Phi) is 5.12. The van der Waals surface area contributed by atoms with E-state index in [2.05, 4.69) is 10.6 Å². The van der Waals surface area contributed by atoms with Gasteiger partial charge in [-0.15, -0.1) is 0 Å². The zero-order valence-electron chi connectivity index (χ0n) is 15.2. The van der Waals surface area contributed by atoms with E-state index in [0.29, 0.717) is 23.6 Å². The van der Waals surface area contributed by atoms with Crippen molar-refractivity contribution in [3.05, 3.63) is 60.2 Å². The van der Waals surface area contributed by atoms with Crippen LogP contribution in [0.5, 0.6) is 5.75 Å². The summed E-state index contributed by atoms with van der Waals surface area (Å²) >= 11 is 0. The van der Waals surface area contributed by atoms with Gasteiger partial charge in [-0.25, -0.2) is 4.79 Å². The topological polar surface area (TPSA) is 87.7 Å². The van der Waals surface area contributed by atoms with Crippen molar-refractivity contribution in [3.63, 3.8) is 0 Å². The van der Waals surface area contributed by atoms with Crippen LogP contribution in [-0.4, -0.2) is 35.9 Å². The molecule has 0 aromatic heterocycles. The molecule has 7 heteroatoms. The summed E-state index contributed by atoms with van der Waals surface area (Å²) in [5.41, 5.74) is -0.0443. The van der Waals surface area contributed by atoms with E-state index in [-0.39, 0.29) is 6.54 Å². The van der Waals surface area contributed by atoms with Crippen molar-refractivity contribution in [3.8, 4) is 5.75 Å². The van der Waals surface area contributed by atoms with Crippen molar-refractivity contribution < 1.29 is 19.1 Å². The van der Waals surface area contributed by atoms with Gasteiger partial charge >= 0.3 is 6.03 Å². The molecular formula is C20H21N3O4. The molecular weight excluding hydrogens is 346 g/mol. The summed E-state index contributed by atoms with van der Waals surface area (Å²) in [5, 5.41) is 5.37. The second-order valence-electron chi connectivity index (χ2n) is 6.29. The first-order valence-electron chi connectivity index (χ1n) is 8.67. The number of para-hydroxylation sites is 2. The van der Waals surface area contributed by atoms with Crippen LogP contribution in [0, 0.1) is 0 Å². The van der Waals surface area contributed by atoms with E-state index in [0.717, 1.165) is 4.90 Å². The number of hydrogen-bond acceptors (Lipinski definition) is 4. The summed E-state index contributed by atoms with van der Waals surface area (Å²) in [7, 11) is 0. The van der Waals surface area contributed by atoms with Crippen LogP contribution in [0.2, 0.25) is 0 Å². The van der Waals surface area contributed by atoms with Crippen LogP contribution in [0.25, 0.3) is 0 Å². The van der Waals surface area contributed by atoms with Gasteiger partial charge in [0.1, 0.15) is 17.8 Å². The normalized spacial score (nSPS) is 19.0. The number of carbonyl (C=O) groups excluding carboxylic acids is 3. The van der Waals surface area contributed by atoms with Gasteiger partial charge in [-0.2, -0.15) is 0 Å². The number of urea groups is 1. The summed E-state index contributed by atoms with van der Waals surface area (Å²) in [6, 6.07) is 15.3. The maximum Gasteiger partial charge on any atom is 0.325 e. The highest BCUT2D eigenvalue weighted by atomic mass is 16.5. The Morgan fingerprint density at radius 2 is 1.78 bits per heavy atom. The zero-order valence-corrected chi connectivity index (χ0v) is 15.2. The highest BCUT2D eigenvalue weighted by Gasteiger charge is 2.49. The molecule has 140 valence electrons. The SMILES string of the molecule is CCOc1ccccc1NC(=O)CN1C(=O)N[C@@](C)(c2ccccc2)C1=O. The first-order valence-corrected chi connectivity index (χ1v) is 8.67. The quantitative estimate of drug-likeness (QED) is 0.768. The number of benzene rings is 2. The van der Waals surface area contributed by atoms with Gasteiger partial charge < -0.3 is 15.4 Å². The van der Waals surface area contributed by atoms with Gasteiger partial charge in [0.15, 0.2) is 0 Å². The van der Waals surface area contributed by atoms with E-state index < -0.39 is 23.4 Å². The number of amides is 4. The standard InChI is InChI=1S/C20H21N3O4/c1-3-27-16-12-8-7-11-15(16)21-17(24)13-23-18(25)20(2,22-19(23)26)14-9-5-4-6-10-14/h4-12H,3,13H2,1-2H3,(H,21,24)(H,22,26)/t20-/m0/s1. The molecule has 1 atom stereocenters. The molecule has 0 radical (unpaired) electrons. The third kappa shape index (κ3) is 3.62. The minimum absolute atomic E-state index is 0.381. The van der Waals surface area contributed by atoms with Gasteiger partial charge in [0.2, 0.25) is 5.91 Å². The molecule has 4 amide bonds. The Labute approximate surface area is 157 Å². The van der Waals surface area contributed by atoms with Crippen molar-refractivity contribution in [1.82, 2.24) is 10.2 Å². The van der Waals surface area contributed by atoms with E-state index >= 15 is 0 Å². The van der Waals surface area contributed by atoms with E-state index in [1.165, 1.54) is 0 Å². The molecule has 1 aliphatic heterocycles. The number of anilines is 1. The summed E-state index contributed by atoms with van der Waals surface area (Å²) in [5.74, 6) is -0.422. The molecule has 2 N–H and O–H groups in total. The fourth-order valence-corrected chi connectivity index (χ4v) is 2.99. The number of carbonyl (C=O) groups is 3. The number of nitrogens with one attached hydrogen (secondary N) is 2. The lowest BCUT2D eigenvalue weighted by Gasteiger charge is -2.22. The van der Waals surface area contributed by atoms with Crippen molar-refractivity contribution in [2.24, 2.45) is 0 Å². The predicted molar refractivity (Wildman–Crippen MR) is 100 cm³/mol. The van der Waals surface area contributed by atoms with Crippen molar-refractivity contribution in [1.29, 1.82) is 0 Å². The van der Waals surface area contributed by atoms with E-state index in [1.54, 1.807) is 55.5 Å². The molecule has 1 heterocycles. The average molecular weight is 367 g/mol. The maximum absolute atomic E-state index is 12.8. The Hall–Kier alpha value is -3.35. The van der Waals surface area contributed by atoms with Gasteiger partial charge in [0.05, 0.1) is 12.3 Å². The number of imide groups is 1. The first kappa shape index (κ1) is 18.4. The average Bonchev–Trinajstić information content (AvgIpc) is 2.88. The second kappa shape index (κ2) is 7.49. The maximum atomic E-state index is 12.8. The highest BCUT2D eigenvalue weighted by molar-refractivity contribution is 6.10. The van der Waals surface area contributed by atoms with Crippen LogP contribution < -0.4 is 15.4 Å². The summed E-state index contributed by atoms with van der Waals surface area (Å²) in [6.07, 6.45) is 0. The van der Waals surface area contributed by atoms with Crippen LogP contribution in [-0.2, 0) is 15.1 Å². The second-order valence-corrected chi connectivity index (χ2v) is 6.29. The highest BCUT2D eigenvalue weighted by Crippen LogP contribution is 2.29. The third-order valence-corrected chi connectivity index (χ3v) is 4.39. The number of hydrogen-bond donors (Lipinski definition) is 2. The van der Waals surface area contributed by atoms with Gasteiger partial charge in [0, 0.05) is 0 Å². The monoisotopic (exact) mass is 367 g/mol. The van der Waals surface area contributed by atoms with Crippen LogP contribution in [0.15, 0.2) is 54.6 Å². The lowest BCUT2D eigenvalue weighted by molar-refractivity contribution is -0.133. The molecule has 27 heavy (non-hydrogen) atoms. The summed E-state index contributed by atoms with van der Waals surface area (Å²) in [4.78, 5) is 38.5. The van der Waals surface area contributed by atoms with E-state index in [4.69, 9.17) is 4.74 Å². The molecule has 1 aliphatic rings. The van der Waals surface area contributed by atoms with E-state index in [9.17, 15) is 14.4 Å². The molecule has 0 bridgehead atoms. The van der Waals surface area contributed by atoms with Crippen LogP contribution >= 0.6 is 0 Å². The Bertz CT molecular complexity index is 869. The minimum atomic E-state index is -1.19. The molecule has 0 saturated carbocycles. The van der Waals surface area contributed by atoms with Crippen LogP contribution in [0.1, 0.15) is 19.4 Å². The number of rotatable bonds is 6. The zero-order chi connectivity index (χ0) is 19.4. The molecule has 0 aliphatic carbocycles. The predicted octanol–water partition coefficient (Wildman–Crippen LogP) is 2.49. The van der Waals surface area contributed by atoms with Crippen LogP contribution in [0.3, 0.4) is 0 Å². The third-order valence-electron chi connectivity index (χ3n) is 4.39. The summed E-state index contributed by atoms with van der Waals surface area (Å²) < 4.78 is 5.47. The van der Waals surface area contributed by atoms with Gasteiger partial charge in [-0.05, 0) is 31.5 Å². The molecule has 0 unspecified atom stereocenters. The molecule has 2 aromatic carbocycles. The van der Waals surface area contributed by atoms with Crippen molar-refractivity contribution >= 4 is 23.5 Å². The number of nitrogens with zero attached hydrogens (tertiary/aromatic N) is 1. The molecule has 1 saturated heterocycles. The molecule has 0 spiro atoms. The minimum Gasteiger partial charge on any atom is -0.492 e. The Morgan fingerprint density at radius 3 is 2.48 bits per heavy atom. The molecule has 7 nitrogen and oxygen atoms in total. The molecule has 3 rings (SSSR count). The Balaban J connectivity index is 1.73. The first-order chi connectivity index (χ1) is 13.0. The van der Waals surface area contributed by atoms with Crippen molar-refractivity contribution in [2.75, 3.05) is 18.5 Å². The smallest absolute Gasteiger partial charge is 0.325 e. The fourth-order valence-electron chi connectivity index (χ4n) is 2.99. The number of ether oxygens (including phenoxy) is 1. The Morgan fingerprint density at radius 1 is 1.11 bits per heavy atom. The van der Waals surface area contributed by atoms with Gasteiger partial charge in [0.25, 0.3) is 5.91 Å². The molecule has 1 fully saturated rings. The van der Waals surface area contributed by atoms with Gasteiger partial charge in [-0.1, -0.05) is 42.5 Å². The lowest BCUT2D eigenvalue weighted by atomic mass is 9.92.